The van der Waals surface area contributed by atoms with Crippen LogP contribution in [0.25, 0.3) is 0 Å². The first kappa shape index (κ1) is 15.2. The summed E-state index contributed by atoms with van der Waals surface area (Å²) in [6.07, 6.45) is 3.89. The van der Waals surface area contributed by atoms with Crippen molar-refractivity contribution in [3.63, 3.8) is 0 Å². The molecule has 2 heterocycles. The standard InChI is InChI=1S/C16H28N4/c1-4-17-12-15-7-8-16(19-18-15)20-10-5-6-14(9-11-20)13(2)3/h7-8,13-14,17H,4-6,9-12H2,1-3H3. The topological polar surface area (TPSA) is 41.0 Å². The van der Waals surface area contributed by atoms with E-state index in [9.17, 15) is 0 Å². The Balaban J connectivity index is 1.94. The van der Waals surface area contributed by atoms with E-state index in [-0.39, 0.29) is 0 Å². The van der Waals surface area contributed by atoms with Gasteiger partial charge in [-0.2, -0.15) is 5.10 Å². The van der Waals surface area contributed by atoms with Crippen molar-refractivity contribution < 1.29 is 0 Å². The van der Waals surface area contributed by atoms with Crippen LogP contribution in [0.15, 0.2) is 12.1 Å². The third-order valence-corrected chi connectivity index (χ3v) is 4.30. The maximum Gasteiger partial charge on any atom is 0.151 e. The lowest BCUT2D eigenvalue weighted by Crippen LogP contribution is -2.26. The van der Waals surface area contributed by atoms with Crippen molar-refractivity contribution in [1.29, 1.82) is 0 Å². The molecule has 0 amide bonds. The van der Waals surface area contributed by atoms with Gasteiger partial charge in [0, 0.05) is 19.6 Å². The number of aromatic nitrogens is 2. The molecule has 1 atom stereocenters. The molecule has 2 rings (SSSR count). The molecule has 0 radical (unpaired) electrons. The van der Waals surface area contributed by atoms with Crippen molar-refractivity contribution in [3.8, 4) is 0 Å². The number of hydrogen-bond donors (Lipinski definition) is 1. The normalized spacial score (nSPS) is 20.2. The molecular weight excluding hydrogens is 248 g/mol. The Bertz CT molecular complexity index is 388. The Labute approximate surface area is 123 Å². The molecule has 4 nitrogen and oxygen atoms in total. The molecule has 20 heavy (non-hydrogen) atoms. The minimum Gasteiger partial charge on any atom is -0.355 e. The zero-order chi connectivity index (χ0) is 14.4. The summed E-state index contributed by atoms with van der Waals surface area (Å²) >= 11 is 0. The van der Waals surface area contributed by atoms with E-state index in [2.05, 4.69) is 53.3 Å². The molecule has 1 aliphatic heterocycles. The van der Waals surface area contributed by atoms with Gasteiger partial charge in [0.05, 0.1) is 5.69 Å². The third-order valence-electron chi connectivity index (χ3n) is 4.30. The predicted molar refractivity (Wildman–Crippen MR) is 83.8 cm³/mol. The summed E-state index contributed by atoms with van der Waals surface area (Å²) in [6.45, 7) is 10.8. The minimum absolute atomic E-state index is 0.795. The predicted octanol–water partition coefficient (Wildman–Crippen LogP) is 2.85. The minimum atomic E-state index is 0.795. The van der Waals surface area contributed by atoms with Crippen molar-refractivity contribution in [2.45, 2.75) is 46.6 Å². The molecule has 1 saturated heterocycles. The Morgan fingerprint density at radius 1 is 1.25 bits per heavy atom. The van der Waals surface area contributed by atoms with Crippen molar-refractivity contribution in [2.75, 3.05) is 24.5 Å². The SMILES string of the molecule is CCNCc1ccc(N2CCCC(C(C)C)CC2)nn1. The van der Waals surface area contributed by atoms with Crippen LogP contribution in [0.3, 0.4) is 0 Å². The van der Waals surface area contributed by atoms with Crippen LogP contribution in [0.5, 0.6) is 0 Å². The van der Waals surface area contributed by atoms with Gasteiger partial charge in [0.1, 0.15) is 0 Å². The zero-order valence-electron chi connectivity index (χ0n) is 13.1. The monoisotopic (exact) mass is 276 g/mol. The smallest absolute Gasteiger partial charge is 0.151 e. The van der Waals surface area contributed by atoms with Gasteiger partial charge in [-0.3, -0.25) is 0 Å². The first-order valence-corrected chi connectivity index (χ1v) is 7.99. The van der Waals surface area contributed by atoms with Crippen LogP contribution >= 0.6 is 0 Å². The van der Waals surface area contributed by atoms with Gasteiger partial charge in [0.15, 0.2) is 5.82 Å². The number of nitrogens with one attached hydrogen (secondary N) is 1. The molecule has 1 aromatic rings. The molecule has 0 spiro atoms. The van der Waals surface area contributed by atoms with Gasteiger partial charge in [0.25, 0.3) is 0 Å². The van der Waals surface area contributed by atoms with Crippen molar-refractivity contribution in [2.24, 2.45) is 11.8 Å². The summed E-state index contributed by atoms with van der Waals surface area (Å²) in [5, 5.41) is 12.0. The first-order valence-electron chi connectivity index (χ1n) is 7.99. The summed E-state index contributed by atoms with van der Waals surface area (Å²) in [5.41, 5.74) is 1.02. The molecule has 1 aromatic heterocycles. The van der Waals surface area contributed by atoms with Gasteiger partial charge in [-0.05, 0) is 49.8 Å². The van der Waals surface area contributed by atoms with E-state index in [0.717, 1.165) is 49.5 Å². The average Bonchev–Trinajstić information content (AvgIpc) is 2.71. The summed E-state index contributed by atoms with van der Waals surface area (Å²) in [6, 6.07) is 4.21. The third kappa shape index (κ3) is 4.17. The van der Waals surface area contributed by atoms with Crippen molar-refractivity contribution >= 4 is 5.82 Å². The molecule has 112 valence electrons. The molecule has 0 saturated carbocycles. The highest BCUT2D eigenvalue weighted by molar-refractivity contribution is 5.37. The van der Waals surface area contributed by atoms with Crippen LogP contribution in [0.4, 0.5) is 5.82 Å². The molecular formula is C16H28N4. The van der Waals surface area contributed by atoms with E-state index in [0.29, 0.717) is 0 Å². The quantitative estimate of drug-likeness (QED) is 0.898. The van der Waals surface area contributed by atoms with E-state index in [4.69, 9.17) is 0 Å². The molecule has 0 aromatic carbocycles. The molecule has 1 aliphatic rings. The number of anilines is 1. The maximum absolute atomic E-state index is 4.40. The Hall–Kier alpha value is -1.16. The summed E-state index contributed by atoms with van der Waals surface area (Å²) in [4.78, 5) is 2.40. The second-order valence-corrected chi connectivity index (χ2v) is 6.09. The fourth-order valence-corrected chi connectivity index (χ4v) is 2.89. The maximum atomic E-state index is 4.40. The van der Waals surface area contributed by atoms with Crippen LogP contribution in [0.1, 0.15) is 45.7 Å². The van der Waals surface area contributed by atoms with Gasteiger partial charge in [0.2, 0.25) is 0 Å². The molecule has 1 unspecified atom stereocenters. The lowest BCUT2D eigenvalue weighted by molar-refractivity contribution is 0.351. The van der Waals surface area contributed by atoms with E-state index in [1.807, 2.05) is 0 Å². The van der Waals surface area contributed by atoms with E-state index in [1.165, 1.54) is 19.3 Å². The van der Waals surface area contributed by atoms with Crippen LogP contribution in [-0.2, 0) is 6.54 Å². The second-order valence-electron chi connectivity index (χ2n) is 6.09. The molecule has 0 aliphatic carbocycles. The van der Waals surface area contributed by atoms with Gasteiger partial charge in [-0.15, -0.1) is 5.10 Å². The first-order chi connectivity index (χ1) is 9.70. The second kappa shape index (κ2) is 7.58. The molecule has 4 heteroatoms. The molecule has 0 bridgehead atoms. The van der Waals surface area contributed by atoms with Crippen LogP contribution in [0.2, 0.25) is 0 Å². The Morgan fingerprint density at radius 2 is 2.10 bits per heavy atom. The highest BCUT2D eigenvalue weighted by Crippen LogP contribution is 2.26. The van der Waals surface area contributed by atoms with Gasteiger partial charge in [-0.25, -0.2) is 0 Å². The van der Waals surface area contributed by atoms with Crippen LogP contribution in [-0.4, -0.2) is 29.8 Å². The fraction of sp³-hybridized carbons (Fsp3) is 0.750. The lowest BCUT2D eigenvalue weighted by atomic mass is 9.89. The van der Waals surface area contributed by atoms with E-state index >= 15 is 0 Å². The number of rotatable bonds is 5. The molecule has 1 N–H and O–H groups in total. The van der Waals surface area contributed by atoms with Crippen molar-refractivity contribution in [1.82, 2.24) is 15.5 Å². The number of nitrogens with zero attached hydrogens (tertiary/aromatic N) is 3. The summed E-state index contributed by atoms with van der Waals surface area (Å²) < 4.78 is 0. The lowest BCUT2D eigenvalue weighted by Gasteiger charge is -2.22. The van der Waals surface area contributed by atoms with Gasteiger partial charge < -0.3 is 10.2 Å². The van der Waals surface area contributed by atoms with E-state index in [1.54, 1.807) is 0 Å². The van der Waals surface area contributed by atoms with E-state index < -0.39 is 0 Å². The van der Waals surface area contributed by atoms with Crippen molar-refractivity contribution in [3.05, 3.63) is 17.8 Å². The molecule has 1 fully saturated rings. The highest BCUT2D eigenvalue weighted by atomic mass is 15.3. The van der Waals surface area contributed by atoms with Gasteiger partial charge in [-0.1, -0.05) is 20.8 Å². The zero-order valence-corrected chi connectivity index (χ0v) is 13.1. The largest absolute Gasteiger partial charge is 0.355 e. The average molecular weight is 276 g/mol. The Morgan fingerprint density at radius 3 is 2.75 bits per heavy atom. The van der Waals surface area contributed by atoms with Crippen LogP contribution < -0.4 is 10.2 Å². The number of hydrogen-bond acceptors (Lipinski definition) is 4. The Kier molecular flexibility index (Phi) is 5.77. The summed E-state index contributed by atoms with van der Waals surface area (Å²) in [7, 11) is 0. The highest BCUT2D eigenvalue weighted by Gasteiger charge is 2.20. The summed E-state index contributed by atoms with van der Waals surface area (Å²) in [5.74, 6) is 2.69. The van der Waals surface area contributed by atoms with Crippen LogP contribution in [0, 0.1) is 11.8 Å². The fourth-order valence-electron chi connectivity index (χ4n) is 2.89. The van der Waals surface area contributed by atoms with Gasteiger partial charge >= 0.3 is 0 Å².